The monoisotopic (exact) mass is 671 g/mol. The summed E-state index contributed by atoms with van der Waals surface area (Å²) < 4.78 is 25.2. The number of alkyl carbamates (subject to hydrolysis) is 1. The van der Waals surface area contributed by atoms with E-state index in [0.717, 1.165) is 12.8 Å². The lowest BCUT2D eigenvalue weighted by atomic mass is 9.85. The van der Waals surface area contributed by atoms with E-state index in [1.54, 1.807) is 45.9 Å². The second-order valence-electron chi connectivity index (χ2n) is 14.3. The fraction of sp³-hybridized carbons (Fsp3) is 0.618. The molecule has 3 aliphatic heterocycles. The molecule has 4 aliphatic rings. The van der Waals surface area contributed by atoms with Gasteiger partial charge in [0.2, 0.25) is 17.6 Å². The Morgan fingerprint density at radius 3 is 2.52 bits per heavy atom. The summed E-state index contributed by atoms with van der Waals surface area (Å²) in [6.45, 7) is 9.46. The topological polar surface area (TPSA) is 164 Å². The largest absolute Gasteiger partial charge is 0.444 e. The number of hydrogen-bond donors (Lipinski definition) is 4. The van der Waals surface area contributed by atoms with Gasteiger partial charge in [-0.2, -0.15) is 0 Å². The molecule has 1 saturated carbocycles. The molecule has 5 atom stereocenters. The van der Waals surface area contributed by atoms with E-state index in [-0.39, 0.29) is 32.0 Å². The van der Waals surface area contributed by atoms with Crippen molar-refractivity contribution in [2.45, 2.75) is 109 Å². The number of ketones is 1. The number of carbonyl (C=O) groups is 5. The number of likely N-dealkylation sites (tertiary alicyclic amines) is 1. The number of hydroxylamine groups is 1. The van der Waals surface area contributed by atoms with Gasteiger partial charge in [-0.3, -0.25) is 29.5 Å². The fourth-order valence-electron chi connectivity index (χ4n) is 6.12. The van der Waals surface area contributed by atoms with E-state index in [0.29, 0.717) is 36.3 Å². The Morgan fingerprint density at radius 2 is 1.90 bits per heavy atom. The third-order valence-electron chi connectivity index (χ3n) is 9.08. The van der Waals surface area contributed by atoms with Crippen LogP contribution < -0.4 is 21.4 Å². The number of aryl methyl sites for hydroxylation is 1. The number of nitrogens with zero attached hydrogens (tertiary/aromatic N) is 1. The van der Waals surface area contributed by atoms with Gasteiger partial charge in [-0.15, -0.1) is 0 Å². The number of nitrogens with one attached hydrogen (secondary N) is 4. The maximum Gasteiger partial charge on any atom is 0.408 e. The van der Waals surface area contributed by atoms with Crippen molar-refractivity contribution in [3.63, 3.8) is 0 Å². The number of halogens is 1. The molecule has 0 unspecified atom stereocenters. The lowest BCUT2D eigenvalue weighted by Gasteiger charge is -2.35. The van der Waals surface area contributed by atoms with Crippen LogP contribution in [0.1, 0.15) is 77.3 Å². The maximum atomic E-state index is 14.4. The quantitative estimate of drug-likeness (QED) is 0.259. The zero-order valence-electron chi connectivity index (χ0n) is 28.2. The van der Waals surface area contributed by atoms with Crippen LogP contribution in [0.5, 0.6) is 0 Å². The van der Waals surface area contributed by atoms with Crippen LogP contribution in [0.15, 0.2) is 24.3 Å². The summed E-state index contributed by atoms with van der Waals surface area (Å²) in [7, 11) is 0. The molecule has 3 heterocycles. The molecule has 1 aromatic rings. The Labute approximate surface area is 279 Å². The minimum Gasteiger partial charge on any atom is -0.444 e. The van der Waals surface area contributed by atoms with Gasteiger partial charge in [0.05, 0.1) is 31.5 Å². The molecule has 1 aliphatic carbocycles. The minimum atomic E-state index is -1.20. The third kappa shape index (κ3) is 8.15. The second kappa shape index (κ2) is 14.2. The number of benzene rings is 1. The standard InChI is InChI=1S/C34H46FN5O8/c1-6-7-24(27(41)30(43)36-21-10-11-21)37-29(42)26-16-34(15-25(39-48-34)20-9-8-19(2)23(35)14-20)18-40(26)31(44)28(33(3,4)5)38-32(45)47-22-12-13-46-17-22/h8-9,14-15,21-22,24,26,28,39H,6-7,10-13,16-18H2,1-5H3,(H,36,43)(H,37,42)(H,38,45)/t22-,24-,26-,28+,34+/m0/s1. The Morgan fingerprint density at radius 1 is 1.15 bits per heavy atom. The van der Waals surface area contributed by atoms with Crippen molar-refractivity contribution in [1.29, 1.82) is 0 Å². The molecule has 3 fully saturated rings. The molecule has 48 heavy (non-hydrogen) atoms. The minimum absolute atomic E-state index is 0.0164. The van der Waals surface area contributed by atoms with Crippen molar-refractivity contribution in [3.8, 4) is 0 Å². The number of amides is 4. The van der Waals surface area contributed by atoms with Crippen molar-refractivity contribution in [2.75, 3.05) is 19.8 Å². The molecule has 262 valence electrons. The van der Waals surface area contributed by atoms with Crippen molar-refractivity contribution in [2.24, 2.45) is 5.41 Å². The molecule has 2 saturated heterocycles. The molecule has 0 radical (unpaired) electrons. The Hall–Kier alpha value is -4.04. The number of hydrogen-bond acceptors (Lipinski definition) is 9. The zero-order valence-corrected chi connectivity index (χ0v) is 28.2. The van der Waals surface area contributed by atoms with Gasteiger partial charge in [0, 0.05) is 24.4 Å². The highest BCUT2D eigenvalue weighted by Gasteiger charge is 2.54. The summed E-state index contributed by atoms with van der Waals surface area (Å²) in [6.07, 6.45) is 3.36. The fourth-order valence-corrected chi connectivity index (χ4v) is 6.12. The normalized spacial score (nSPS) is 24.8. The molecule has 4 amide bonds. The first-order valence-electron chi connectivity index (χ1n) is 16.6. The van der Waals surface area contributed by atoms with Crippen molar-refractivity contribution in [1.82, 2.24) is 26.3 Å². The molecule has 0 aromatic heterocycles. The van der Waals surface area contributed by atoms with E-state index in [1.165, 1.54) is 11.0 Å². The molecular weight excluding hydrogens is 625 g/mol. The highest BCUT2D eigenvalue weighted by Crippen LogP contribution is 2.39. The van der Waals surface area contributed by atoms with Crippen LogP contribution in [0.25, 0.3) is 5.70 Å². The van der Waals surface area contributed by atoms with Crippen LogP contribution >= 0.6 is 0 Å². The molecule has 14 heteroatoms. The molecule has 5 rings (SSSR count). The first-order valence-corrected chi connectivity index (χ1v) is 16.6. The van der Waals surface area contributed by atoms with Gasteiger partial charge in [0.1, 0.15) is 29.6 Å². The number of Topliss-reactive ketones (excluding diaryl/α,β-unsaturated/α-hetero) is 1. The predicted molar refractivity (Wildman–Crippen MR) is 171 cm³/mol. The zero-order chi connectivity index (χ0) is 34.8. The summed E-state index contributed by atoms with van der Waals surface area (Å²) in [5.41, 5.74) is 2.28. The van der Waals surface area contributed by atoms with E-state index >= 15 is 0 Å². The Balaban J connectivity index is 1.42. The van der Waals surface area contributed by atoms with Gasteiger partial charge in [0.15, 0.2) is 0 Å². The van der Waals surface area contributed by atoms with E-state index in [1.807, 2.05) is 6.92 Å². The summed E-state index contributed by atoms with van der Waals surface area (Å²) in [4.78, 5) is 74.5. The van der Waals surface area contributed by atoms with E-state index < -0.39 is 70.7 Å². The SMILES string of the molecule is CCC[C@H](NC(=O)[C@@H]1C[C@]2(C=C(c3ccc(C)c(F)c3)NO2)CN1C(=O)[C@@H](NC(=O)O[C@H]1CCOC1)C(C)(C)C)C(=O)C(=O)NC1CC1. The summed E-state index contributed by atoms with van der Waals surface area (Å²) in [6, 6.07) is 1.35. The van der Waals surface area contributed by atoms with Crippen molar-refractivity contribution < 1.29 is 42.7 Å². The van der Waals surface area contributed by atoms with Gasteiger partial charge in [-0.1, -0.05) is 46.2 Å². The van der Waals surface area contributed by atoms with Gasteiger partial charge in [0.25, 0.3) is 5.91 Å². The Bertz CT molecular complexity index is 1470. The number of rotatable bonds is 11. The summed E-state index contributed by atoms with van der Waals surface area (Å²) >= 11 is 0. The smallest absolute Gasteiger partial charge is 0.408 e. The lowest BCUT2D eigenvalue weighted by Crippen LogP contribution is -2.59. The molecule has 0 bridgehead atoms. The molecule has 1 spiro atoms. The van der Waals surface area contributed by atoms with Crippen LogP contribution in [-0.2, 0) is 33.5 Å². The summed E-state index contributed by atoms with van der Waals surface area (Å²) in [5.74, 6) is -3.11. The second-order valence-corrected chi connectivity index (χ2v) is 14.3. The van der Waals surface area contributed by atoms with Gasteiger partial charge in [-0.25, -0.2) is 9.18 Å². The van der Waals surface area contributed by atoms with E-state index in [2.05, 4.69) is 21.4 Å². The van der Waals surface area contributed by atoms with Crippen LogP contribution in [0.2, 0.25) is 0 Å². The average Bonchev–Trinajstić information content (AvgIpc) is 3.38. The van der Waals surface area contributed by atoms with Gasteiger partial charge >= 0.3 is 6.09 Å². The van der Waals surface area contributed by atoms with Gasteiger partial charge in [-0.05, 0) is 49.3 Å². The maximum absolute atomic E-state index is 14.4. The van der Waals surface area contributed by atoms with Gasteiger partial charge < -0.3 is 30.3 Å². The molecule has 4 N–H and O–H groups in total. The third-order valence-corrected chi connectivity index (χ3v) is 9.08. The number of carbonyl (C=O) groups excluding carboxylic acids is 5. The van der Waals surface area contributed by atoms with Crippen LogP contribution in [0.4, 0.5) is 9.18 Å². The highest BCUT2D eigenvalue weighted by atomic mass is 19.1. The molecule has 1 aromatic carbocycles. The van der Waals surface area contributed by atoms with Crippen LogP contribution in [0, 0.1) is 18.2 Å². The summed E-state index contributed by atoms with van der Waals surface area (Å²) in [5, 5.41) is 8.11. The first-order chi connectivity index (χ1) is 22.7. The lowest BCUT2D eigenvalue weighted by molar-refractivity contribution is -0.144. The average molecular weight is 672 g/mol. The molecular formula is C34H46FN5O8. The first kappa shape index (κ1) is 35.3. The Kier molecular flexibility index (Phi) is 10.4. The highest BCUT2D eigenvalue weighted by molar-refractivity contribution is 6.38. The van der Waals surface area contributed by atoms with Crippen molar-refractivity contribution in [3.05, 3.63) is 41.2 Å². The molecule has 13 nitrogen and oxygen atoms in total. The van der Waals surface area contributed by atoms with Crippen molar-refractivity contribution >= 4 is 35.3 Å². The van der Waals surface area contributed by atoms with Crippen LogP contribution in [0.3, 0.4) is 0 Å². The number of ether oxygens (including phenoxy) is 2. The van der Waals surface area contributed by atoms with E-state index in [9.17, 15) is 28.4 Å². The van der Waals surface area contributed by atoms with E-state index in [4.69, 9.17) is 14.3 Å². The van der Waals surface area contributed by atoms with Crippen LogP contribution in [-0.4, -0.2) is 90.1 Å². The predicted octanol–water partition coefficient (Wildman–Crippen LogP) is 2.41.